The summed E-state index contributed by atoms with van der Waals surface area (Å²) in [4.78, 5) is 2.35. The molecule has 2 nitrogen and oxygen atoms in total. The molecule has 1 saturated carbocycles. The molecule has 0 saturated heterocycles. The zero-order valence-electron chi connectivity index (χ0n) is 9.88. The Morgan fingerprint density at radius 1 is 1.20 bits per heavy atom. The van der Waals surface area contributed by atoms with Crippen LogP contribution in [0, 0.1) is 13.8 Å². The lowest BCUT2D eigenvalue weighted by Crippen LogP contribution is -2.40. The van der Waals surface area contributed by atoms with Gasteiger partial charge in [-0.3, -0.25) is 0 Å². The molecule has 0 aromatic heterocycles. The van der Waals surface area contributed by atoms with E-state index >= 15 is 0 Å². The fraction of sp³-hybridized carbons (Fsp3) is 0.538. The van der Waals surface area contributed by atoms with Crippen molar-refractivity contribution in [2.24, 2.45) is 5.73 Å². The number of nitrogens with zero attached hydrogens (tertiary/aromatic N) is 1. The molecule has 0 radical (unpaired) electrons. The molecule has 0 unspecified atom stereocenters. The van der Waals surface area contributed by atoms with Crippen LogP contribution >= 0.6 is 0 Å². The molecule has 2 rings (SSSR count). The van der Waals surface area contributed by atoms with Crippen molar-refractivity contribution < 1.29 is 0 Å². The van der Waals surface area contributed by atoms with Crippen LogP contribution in [0.15, 0.2) is 18.2 Å². The molecule has 1 aliphatic carbocycles. The molecule has 0 heterocycles. The van der Waals surface area contributed by atoms with E-state index in [2.05, 4.69) is 44.0 Å². The molecule has 1 aromatic carbocycles. The summed E-state index contributed by atoms with van der Waals surface area (Å²) < 4.78 is 0. The first-order valence-electron chi connectivity index (χ1n) is 5.60. The average molecular weight is 204 g/mol. The number of benzene rings is 1. The van der Waals surface area contributed by atoms with Crippen molar-refractivity contribution in [1.82, 2.24) is 0 Å². The second-order valence-corrected chi connectivity index (χ2v) is 4.83. The van der Waals surface area contributed by atoms with Gasteiger partial charge in [0.2, 0.25) is 0 Å². The standard InChI is InChI=1S/C13H20N2/c1-10-6-11(2)8-12(7-10)15(3)13(9-14)4-5-13/h6-8H,4-5,9,14H2,1-3H3. The fourth-order valence-electron chi connectivity index (χ4n) is 2.24. The molecule has 1 aliphatic rings. The van der Waals surface area contributed by atoms with E-state index in [9.17, 15) is 0 Å². The van der Waals surface area contributed by atoms with Crippen LogP contribution in [0.4, 0.5) is 5.69 Å². The van der Waals surface area contributed by atoms with Crippen molar-refractivity contribution in [3.05, 3.63) is 29.3 Å². The Labute approximate surface area is 92.1 Å². The molecule has 2 N–H and O–H groups in total. The van der Waals surface area contributed by atoms with Gasteiger partial charge in [0, 0.05) is 19.3 Å². The van der Waals surface area contributed by atoms with Gasteiger partial charge in [0.1, 0.15) is 0 Å². The monoisotopic (exact) mass is 204 g/mol. The summed E-state index contributed by atoms with van der Waals surface area (Å²) in [5, 5.41) is 0. The highest BCUT2D eigenvalue weighted by Crippen LogP contribution is 2.42. The molecule has 0 spiro atoms. The van der Waals surface area contributed by atoms with Gasteiger partial charge in [0.25, 0.3) is 0 Å². The maximum atomic E-state index is 5.84. The first-order valence-corrected chi connectivity index (χ1v) is 5.60. The minimum Gasteiger partial charge on any atom is -0.368 e. The Morgan fingerprint density at radius 2 is 1.73 bits per heavy atom. The predicted molar refractivity (Wildman–Crippen MR) is 65.3 cm³/mol. The lowest BCUT2D eigenvalue weighted by atomic mass is 10.1. The third kappa shape index (κ3) is 1.86. The summed E-state index contributed by atoms with van der Waals surface area (Å²) >= 11 is 0. The average Bonchev–Trinajstić information content (AvgIpc) is 2.95. The van der Waals surface area contributed by atoms with Crippen molar-refractivity contribution >= 4 is 5.69 Å². The molecule has 0 amide bonds. The Balaban J connectivity index is 2.29. The van der Waals surface area contributed by atoms with Crippen LogP contribution in [-0.2, 0) is 0 Å². The Morgan fingerprint density at radius 3 is 2.13 bits per heavy atom. The first kappa shape index (κ1) is 10.5. The number of aryl methyl sites for hydroxylation is 2. The molecular formula is C13H20N2. The molecule has 0 aliphatic heterocycles. The third-order valence-electron chi connectivity index (χ3n) is 3.51. The van der Waals surface area contributed by atoms with Crippen molar-refractivity contribution in [2.45, 2.75) is 32.2 Å². The summed E-state index contributed by atoms with van der Waals surface area (Å²) in [6.07, 6.45) is 2.46. The molecule has 82 valence electrons. The Bertz CT molecular complexity index is 347. The number of nitrogens with two attached hydrogens (primary N) is 1. The third-order valence-corrected chi connectivity index (χ3v) is 3.51. The van der Waals surface area contributed by atoms with Gasteiger partial charge in [0.15, 0.2) is 0 Å². The van der Waals surface area contributed by atoms with E-state index in [1.54, 1.807) is 0 Å². The van der Waals surface area contributed by atoms with Gasteiger partial charge < -0.3 is 10.6 Å². The van der Waals surface area contributed by atoms with Gasteiger partial charge in [-0.25, -0.2) is 0 Å². The maximum Gasteiger partial charge on any atom is 0.0522 e. The number of hydrogen-bond acceptors (Lipinski definition) is 2. The van der Waals surface area contributed by atoms with Crippen molar-refractivity contribution in [1.29, 1.82) is 0 Å². The molecule has 0 atom stereocenters. The largest absolute Gasteiger partial charge is 0.368 e. The number of rotatable bonds is 3. The quantitative estimate of drug-likeness (QED) is 0.818. The van der Waals surface area contributed by atoms with Crippen LogP contribution in [0.3, 0.4) is 0 Å². The van der Waals surface area contributed by atoms with Gasteiger partial charge in [-0.1, -0.05) is 6.07 Å². The Kier molecular flexibility index (Phi) is 2.47. The molecule has 2 heteroatoms. The summed E-state index contributed by atoms with van der Waals surface area (Å²) in [6.45, 7) is 5.05. The van der Waals surface area contributed by atoms with Crippen molar-refractivity contribution in [3.8, 4) is 0 Å². The second-order valence-electron chi connectivity index (χ2n) is 4.83. The van der Waals surface area contributed by atoms with Crippen LogP contribution in [0.1, 0.15) is 24.0 Å². The highest BCUT2D eigenvalue weighted by molar-refractivity contribution is 5.54. The summed E-state index contributed by atoms with van der Waals surface area (Å²) in [7, 11) is 2.16. The van der Waals surface area contributed by atoms with Crippen LogP contribution in [0.2, 0.25) is 0 Å². The zero-order valence-corrected chi connectivity index (χ0v) is 9.88. The summed E-state index contributed by atoms with van der Waals surface area (Å²) in [6, 6.07) is 6.69. The van der Waals surface area contributed by atoms with Crippen LogP contribution in [0.5, 0.6) is 0 Å². The molecule has 0 bridgehead atoms. The number of hydrogen-bond donors (Lipinski definition) is 1. The van der Waals surface area contributed by atoms with Gasteiger partial charge in [-0.05, 0) is 49.9 Å². The topological polar surface area (TPSA) is 29.3 Å². The minimum atomic E-state index is 0.250. The van der Waals surface area contributed by atoms with Gasteiger partial charge in [0.05, 0.1) is 5.54 Å². The minimum absolute atomic E-state index is 0.250. The van der Waals surface area contributed by atoms with Crippen LogP contribution < -0.4 is 10.6 Å². The summed E-state index contributed by atoms with van der Waals surface area (Å²) in [5.74, 6) is 0. The molecular weight excluding hydrogens is 184 g/mol. The summed E-state index contributed by atoms with van der Waals surface area (Å²) in [5.41, 5.74) is 10.0. The van der Waals surface area contributed by atoms with Crippen molar-refractivity contribution in [3.63, 3.8) is 0 Å². The van der Waals surface area contributed by atoms with Gasteiger partial charge in [-0.2, -0.15) is 0 Å². The fourth-order valence-corrected chi connectivity index (χ4v) is 2.24. The highest BCUT2D eigenvalue weighted by atomic mass is 15.2. The predicted octanol–water partition coefficient (Wildman–Crippen LogP) is 2.23. The number of likely N-dealkylation sites (N-methyl/N-ethyl adjacent to an activating group) is 1. The van der Waals surface area contributed by atoms with Gasteiger partial charge in [-0.15, -0.1) is 0 Å². The normalized spacial score (nSPS) is 17.6. The molecule has 1 fully saturated rings. The maximum absolute atomic E-state index is 5.84. The van der Waals surface area contributed by atoms with E-state index < -0.39 is 0 Å². The SMILES string of the molecule is Cc1cc(C)cc(N(C)C2(CN)CC2)c1. The van der Waals surface area contributed by atoms with E-state index in [0.717, 1.165) is 6.54 Å². The smallest absolute Gasteiger partial charge is 0.0522 e. The second kappa shape index (κ2) is 3.53. The number of anilines is 1. The van der Waals surface area contributed by atoms with E-state index in [4.69, 9.17) is 5.73 Å². The lowest BCUT2D eigenvalue weighted by molar-refractivity contribution is 0.636. The van der Waals surface area contributed by atoms with Crippen LogP contribution in [0.25, 0.3) is 0 Å². The highest BCUT2D eigenvalue weighted by Gasteiger charge is 2.45. The van der Waals surface area contributed by atoms with Crippen LogP contribution in [-0.4, -0.2) is 19.1 Å². The van der Waals surface area contributed by atoms with E-state index in [1.165, 1.54) is 29.7 Å². The lowest BCUT2D eigenvalue weighted by Gasteiger charge is -2.29. The van der Waals surface area contributed by atoms with E-state index in [0.29, 0.717) is 0 Å². The zero-order chi connectivity index (χ0) is 11.1. The van der Waals surface area contributed by atoms with E-state index in [1.807, 2.05) is 0 Å². The Hall–Kier alpha value is -1.02. The van der Waals surface area contributed by atoms with Crippen molar-refractivity contribution in [2.75, 3.05) is 18.5 Å². The van der Waals surface area contributed by atoms with E-state index in [-0.39, 0.29) is 5.54 Å². The first-order chi connectivity index (χ1) is 7.07. The van der Waals surface area contributed by atoms with Gasteiger partial charge >= 0.3 is 0 Å². The molecule has 1 aromatic rings. The molecule has 15 heavy (non-hydrogen) atoms.